The van der Waals surface area contributed by atoms with Crippen molar-refractivity contribution in [3.63, 3.8) is 0 Å². The molecule has 0 aliphatic carbocycles. The molecule has 1 aliphatic rings. The van der Waals surface area contributed by atoms with Crippen molar-refractivity contribution in [1.82, 2.24) is 4.90 Å². The summed E-state index contributed by atoms with van der Waals surface area (Å²) < 4.78 is 0. The van der Waals surface area contributed by atoms with Crippen LogP contribution in [-0.4, -0.2) is 41.9 Å². The fraction of sp³-hybridized carbons (Fsp3) is 0.391. The molecule has 5 nitrogen and oxygen atoms in total. The minimum absolute atomic E-state index is 0. The Morgan fingerprint density at radius 2 is 1.69 bits per heavy atom. The molecular weight excluding hydrogens is 430 g/mol. The second-order valence-electron chi connectivity index (χ2n) is 7.32. The summed E-state index contributed by atoms with van der Waals surface area (Å²) in [6.07, 6.45) is 2.72. The fourth-order valence-electron chi connectivity index (χ4n) is 4.03. The number of carbonyl (C=O) groups is 2. The highest BCUT2D eigenvalue weighted by atomic mass is 79.9. The van der Waals surface area contributed by atoms with Crippen molar-refractivity contribution in [2.24, 2.45) is 5.73 Å². The lowest BCUT2D eigenvalue weighted by Crippen LogP contribution is -2.56. The monoisotopic (exact) mass is 459 g/mol. The topological polar surface area (TPSA) is 66.6 Å². The van der Waals surface area contributed by atoms with Gasteiger partial charge in [-0.25, -0.2) is 0 Å². The van der Waals surface area contributed by atoms with Crippen LogP contribution in [0.4, 0.5) is 5.69 Å². The number of hydrogen-bond donors (Lipinski definition) is 1. The minimum Gasteiger partial charge on any atom is -0.368 e. The van der Waals surface area contributed by atoms with Gasteiger partial charge in [0.25, 0.3) is 0 Å². The largest absolute Gasteiger partial charge is 0.368 e. The van der Waals surface area contributed by atoms with Gasteiger partial charge >= 0.3 is 0 Å². The van der Waals surface area contributed by atoms with Gasteiger partial charge in [0, 0.05) is 31.2 Å². The van der Waals surface area contributed by atoms with E-state index in [1.165, 1.54) is 5.56 Å². The van der Waals surface area contributed by atoms with Gasteiger partial charge < -0.3 is 10.6 Å². The van der Waals surface area contributed by atoms with Crippen LogP contribution in [0.2, 0.25) is 0 Å². The summed E-state index contributed by atoms with van der Waals surface area (Å²) in [4.78, 5) is 28.9. The van der Waals surface area contributed by atoms with Gasteiger partial charge in [-0.05, 0) is 37.0 Å². The third-order valence-corrected chi connectivity index (χ3v) is 5.52. The zero-order valence-electron chi connectivity index (χ0n) is 16.9. The number of para-hydroxylation sites is 1. The highest BCUT2D eigenvalue weighted by Crippen LogP contribution is 2.27. The Balaban J connectivity index is 0.00000300. The second-order valence-corrected chi connectivity index (χ2v) is 7.32. The normalized spacial score (nSPS) is 19.2. The number of likely N-dealkylation sites (tertiary alicyclic amines) is 1. The van der Waals surface area contributed by atoms with E-state index in [1.807, 2.05) is 60.4 Å². The van der Waals surface area contributed by atoms with Gasteiger partial charge in [-0.1, -0.05) is 55.5 Å². The van der Waals surface area contributed by atoms with Crippen molar-refractivity contribution in [1.29, 1.82) is 0 Å². The Morgan fingerprint density at radius 3 is 2.28 bits per heavy atom. The molecule has 2 aromatic rings. The molecule has 29 heavy (non-hydrogen) atoms. The summed E-state index contributed by atoms with van der Waals surface area (Å²) in [6.45, 7) is 3.42. The van der Waals surface area contributed by atoms with E-state index in [0.29, 0.717) is 12.8 Å². The average molecular weight is 460 g/mol. The van der Waals surface area contributed by atoms with Gasteiger partial charge in [0.05, 0.1) is 6.04 Å². The molecule has 2 atom stereocenters. The Hall–Kier alpha value is -2.18. The number of halogens is 1. The smallest absolute Gasteiger partial charge is 0.234 e. The number of hydrogen-bond acceptors (Lipinski definition) is 3. The number of amides is 2. The zero-order valence-corrected chi connectivity index (χ0v) is 18.6. The second kappa shape index (κ2) is 11.1. The molecule has 0 spiro atoms. The lowest BCUT2D eigenvalue weighted by molar-refractivity contribution is -0.125. The van der Waals surface area contributed by atoms with E-state index in [2.05, 4.69) is 17.0 Å². The van der Waals surface area contributed by atoms with Crippen LogP contribution in [0, 0.1) is 0 Å². The molecule has 1 heterocycles. The predicted molar refractivity (Wildman–Crippen MR) is 122 cm³/mol. The lowest BCUT2D eigenvalue weighted by atomic mass is 9.93. The van der Waals surface area contributed by atoms with Crippen LogP contribution in [0.25, 0.3) is 0 Å². The molecule has 1 saturated heterocycles. The van der Waals surface area contributed by atoms with E-state index >= 15 is 0 Å². The summed E-state index contributed by atoms with van der Waals surface area (Å²) in [7, 11) is 0. The fourth-order valence-corrected chi connectivity index (χ4v) is 4.03. The SMILES string of the molecule is Br.CCC(=O)N(c1ccccc1)[C@@H]1CCN(CCc2ccccc2)[C@H](C(N)=O)C1. The molecular formula is C23H30BrN3O2. The first kappa shape index (κ1) is 23.1. The number of primary amides is 1. The van der Waals surface area contributed by atoms with E-state index in [-0.39, 0.29) is 40.9 Å². The van der Waals surface area contributed by atoms with Crippen molar-refractivity contribution in [3.8, 4) is 0 Å². The van der Waals surface area contributed by atoms with Gasteiger partial charge in [0.1, 0.15) is 0 Å². The maximum Gasteiger partial charge on any atom is 0.234 e. The molecule has 0 saturated carbocycles. The van der Waals surface area contributed by atoms with Gasteiger partial charge in [0.2, 0.25) is 11.8 Å². The molecule has 1 aliphatic heterocycles. The Morgan fingerprint density at radius 1 is 1.07 bits per heavy atom. The van der Waals surface area contributed by atoms with Crippen LogP contribution in [0.5, 0.6) is 0 Å². The Kier molecular flexibility index (Phi) is 8.86. The van der Waals surface area contributed by atoms with Crippen LogP contribution in [0.15, 0.2) is 60.7 Å². The first-order chi connectivity index (χ1) is 13.6. The number of carbonyl (C=O) groups excluding carboxylic acids is 2. The van der Waals surface area contributed by atoms with Gasteiger partial charge in [-0.2, -0.15) is 0 Å². The third kappa shape index (κ3) is 5.90. The molecule has 0 aromatic heterocycles. The van der Waals surface area contributed by atoms with Crippen LogP contribution in [0.1, 0.15) is 31.7 Å². The molecule has 2 N–H and O–H groups in total. The van der Waals surface area contributed by atoms with Crippen molar-refractivity contribution in [2.45, 2.75) is 44.7 Å². The summed E-state index contributed by atoms with van der Waals surface area (Å²) in [5.74, 6) is -0.230. The number of piperidine rings is 1. The van der Waals surface area contributed by atoms with E-state index in [9.17, 15) is 9.59 Å². The zero-order chi connectivity index (χ0) is 19.9. The third-order valence-electron chi connectivity index (χ3n) is 5.52. The molecule has 0 bridgehead atoms. The summed E-state index contributed by atoms with van der Waals surface area (Å²) in [5, 5.41) is 0. The number of anilines is 1. The standard InChI is InChI=1S/C23H29N3O2.BrH/c1-2-22(27)26(19-11-7-4-8-12-19)20-14-16-25(21(17-20)23(24)28)15-13-18-9-5-3-6-10-18;/h3-12,20-21H,2,13-17H2,1H3,(H2,24,28);1H/t20-,21+;/m1./s1. The van der Waals surface area contributed by atoms with E-state index in [0.717, 1.165) is 31.6 Å². The van der Waals surface area contributed by atoms with E-state index < -0.39 is 0 Å². The molecule has 2 aromatic carbocycles. The van der Waals surface area contributed by atoms with E-state index in [1.54, 1.807) is 0 Å². The first-order valence-electron chi connectivity index (χ1n) is 10.0. The summed E-state index contributed by atoms with van der Waals surface area (Å²) >= 11 is 0. The van der Waals surface area contributed by atoms with Crippen molar-refractivity contribution >= 4 is 34.5 Å². The number of nitrogens with zero attached hydrogens (tertiary/aromatic N) is 2. The van der Waals surface area contributed by atoms with Gasteiger partial charge in [0.15, 0.2) is 0 Å². The maximum absolute atomic E-state index is 12.7. The number of benzene rings is 2. The molecule has 1 fully saturated rings. The van der Waals surface area contributed by atoms with E-state index in [4.69, 9.17) is 5.73 Å². The molecule has 6 heteroatoms. The quantitative estimate of drug-likeness (QED) is 0.687. The molecule has 156 valence electrons. The van der Waals surface area contributed by atoms with Crippen LogP contribution in [0.3, 0.4) is 0 Å². The van der Waals surface area contributed by atoms with Crippen molar-refractivity contribution in [2.75, 3.05) is 18.0 Å². The predicted octanol–water partition coefficient (Wildman–Crippen LogP) is 3.57. The molecule has 0 unspecified atom stereocenters. The molecule has 3 rings (SSSR count). The van der Waals surface area contributed by atoms with Crippen LogP contribution < -0.4 is 10.6 Å². The average Bonchev–Trinajstić information content (AvgIpc) is 2.74. The Bertz CT molecular complexity index is 785. The highest BCUT2D eigenvalue weighted by Gasteiger charge is 2.36. The molecule has 2 amide bonds. The lowest BCUT2D eigenvalue weighted by Gasteiger charge is -2.42. The highest BCUT2D eigenvalue weighted by molar-refractivity contribution is 8.93. The Labute approximate surface area is 183 Å². The number of nitrogens with two attached hydrogens (primary N) is 1. The summed E-state index contributed by atoms with van der Waals surface area (Å²) in [5.41, 5.74) is 7.89. The number of rotatable bonds is 7. The van der Waals surface area contributed by atoms with Crippen LogP contribution in [-0.2, 0) is 16.0 Å². The van der Waals surface area contributed by atoms with Gasteiger partial charge in [-0.3, -0.25) is 14.5 Å². The van der Waals surface area contributed by atoms with Crippen LogP contribution >= 0.6 is 17.0 Å². The minimum atomic E-state index is -0.349. The maximum atomic E-state index is 12.7. The first-order valence-corrected chi connectivity index (χ1v) is 10.0. The van der Waals surface area contributed by atoms with Gasteiger partial charge in [-0.15, -0.1) is 17.0 Å². The van der Waals surface area contributed by atoms with Crippen molar-refractivity contribution in [3.05, 3.63) is 66.2 Å². The van der Waals surface area contributed by atoms with Crippen molar-refractivity contribution < 1.29 is 9.59 Å². The summed E-state index contributed by atoms with van der Waals surface area (Å²) in [6, 6.07) is 19.6. The molecule has 0 radical (unpaired) electrons.